The topological polar surface area (TPSA) is 92.2 Å². The molecular formula is C26H29N3O5. The van der Waals surface area contributed by atoms with Crippen LogP contribution in [0.1, 0.15) is 23.7 Å². The minimum absolute atomic E-state index is 0.0508. The average molecular weight is 464 g/mol. The van der Waals surface area contributed by atoms with Gasteiger partial charge in [-0.25, -0.2) is 0 Å². The van der Waals surface area contributed by atoms with E-state index in [2.05, 4.69) is 16.5 Å². The number of aliphatic hydroxyl groups is 1. The second kappa shape index (κ2) is 11.1. The minimum atomic E-state index is -0.748. The Bertz CT molecular complexity index is 1050. The van der Waals surface area contributed by atoms with Crippen LogP contribution in [0.15, 0.2) is 66.9 Å². The van der Waals surface area contributed by atoms with Crippen LogP contribution < -0.4 is 4.74 Å². The van der Waals surface area contributed by atoms with Gasteiger partial charge in [-0.05, 0) is 42.8 Å². The highest BCUT2D eigenvalue weighted by Gasteiger charge is 2.46. The molecule has 0 radical (unpaired) electrons. The molecule has 1 amide bonds. The molecule has 0 spiro atoms. The third-order valence-corrected chi connectivity index (χ3v) is 5.98. The maximum atomic E-state index is 13.1. The zero-order valence-electron chi connectivity index (χ0n) is 19.1. The predicted molar refractivity (Wildman–Crippen MR) is 127 cm³/mol. The van der Waals surface area contributed by atoms with E-state index in [0.717, 1.165) is 19.6 Å². The fourth-order valence-electron chi connectivity index (χ4n) is 4.26. The van der Waals surface area contributed by atoms with Crippen molar-refractivity contribution in [2.75, 3.05) is 46.0 Å². The molecule has 0 bridgehead atoms. The molecule has 2 fully saturated rings. The van der Waals surface area contributed by atoms with Crippen LogP contribution in [0.25, 0.3) is 5.76 Å². The molecule has 1 aromatic heterocycles. The quantitative estimate of drug-likeness (QED) is 0.265. The number of morpholine rings is 1. The van der Waals surface area contributed by atoms with Gasteiger partial charge in [0.15, 0.2) is 0 Å². The first-order valence-corrected chi connectivity index (χ1v) is 11.4. The molecule has 0 saturated carbocycles. The van der Waals surface area contributed by atoms with E-state index in [-0.39, 0.29) is 11.3 Å². The van der Waals surface area contributed by atoms with Gasteiger partial charge in [-0.15, -0.1) is 0 Å². The number of carbonyl (C=O) groups is 2. The molecule has 2 saturated heterocycles. The summed E-state index contributed by atoms with van der Waals surface area (Å²) in [5.41, 5.74) is 1.02. The number of ether oxygens (including phenoxy) is 2. The third-order valence-electron chi connectivity index (χ3n) is 5.98. The standard InChI is InChI=1S/C26H29N3O5/c1-2-16-34-20-9-7-19(8-10-20)24(30)22-23(21-6-3-4-11-27-21)29(26(32)25(22)31)13-5-12-28-14-17-33-18-15-28/h2-4,6-11,23,30H,1,5,12-18H2/b24-22+/t23-/m1/s1. The van der Waals surface area contributed by atoms with Gasteiger partial charge in [0.05, 0.1) is 24.5 Å². The normalized spacial score (nSPS) is 20.5. The number of rotatable bonds is 9. The number of carbonyl (C=O) groups excluding carboxylic acids is 2. The van der Waals surface area contributed by atoms with Crippen LogP contribution in [0.2, 0.25) is 0 Å². The molecule has 4 rings (SSSR count). The number of aromatic nitrogens is 1. The van der Waals surface area contributed by atoms with Crippen molar-refractivity contribution in [2.45, 2.75) is 12.5 Å². The second-order valence-corrected chi connectivity index (χ2v) is 8.18. The van der Waals surface area contributed by atoms with Gasteiger partial charge < -0.3 is 19.5 Å². The van der Waals surface area contributed by atoms with Crippen LogP contribution in [-0.2, 0) is 14.3 Å². The number of likely N-dealkylation sites (tertiary alicyclic amines) is 1. The van der Waals surface area contributed by atoms with Gasteiger partial charge in [0.1, 0.15) is 24.2 Å². The number of nitrogens with zero attached hydrogens (tertiary/aromatic N) is 3. The third kappa shape index (κ3) is 5.18. The van der Waals surface area contributed by atoms with Gasteiger partial charge in [-0.2, -0.15) is 0 Å². The Labute approximate surface area is 199 Å². The zero-order chi connectivity index (χ0) is 23.9. The minimum Gasteiger partial charge on any atom is -0.507 e. The van der Waals surface area contributed by atoms with E-state index in [1.54, 1.807) is 48.7 Å². The van der Waals surface area contributed by atoms with Crippen molar-refractivity contribution >= 4 is 17.4 Å². The Hall–Kier alpha value is -3.49. The van der Waals surface area contributed by atoms with Gasteiger partial charge in [0.2, 0.25) is 0 Å². The lowest BCUT2D eigenvalue weighted by atomic mass is 9.98. The summed E-state index contributed by atoms with van der Waals surface area (Å²) in [4.78, 5) is 34.3. The summed E-state index contributed by atoms with van der Waals surface area (Å²) in [6, 6.07) is 11.3. The first-order chi connectivity index (χ1) is 16.6. The monoisotopic (exact) mass is 463 g/mol. The Morgan fingerprint density at radius 1 is 1.15 bits per heavy atom. The first-order valence-electron chi connectivity index (χ1n) is 11.4. The largest absolute Gasteiger partial charge is 0.507 e. The number of benzene rings is 1. The molecule has 2 aromatic rings. The Morgan fingerprint density at radius 3 is 2.59 bits per heavy atom. The van der Waals surface area contributed by atoms with E-state index in [1.807, 2.05) is 6.07 Å². The van der Waals surface area contributed by atoms with Gasteiger partial charge in [-0.3, -0.25) is 19.5 Å². The van der Waals surface area contributed by atoms with Gasteiger partial charge in [0.25, 0.3) is 11.7 Å². The van der Waals surface area contributed by atoms with E-state index < -0.39 is 17.7 Å². The number of hydrogen-bond acceptors (Lipinski definition) is 7. The molecule has 2 aliphatic heterocycles. The lowest BCUT2D eigenvalue weighted by Gasteiger charge is -2.28. The molecule has 2 aliphatic rings. The van der Waals surface area contributed by atoms with Crippen LogP contribution in [0.5, 0.6) is 5.75 Å². The molecule has 1 atom stereocenters. The summed E-state index contributed by atoms with van der Waals surface area (Å²) >= 11 is 0. The first kappa shape index (κ1) is 23.7. The van der Waals surface area contributed by atoms with E-state index in [4.69, 9.17) is 9.47 Å². The van der Waals surface area contributed by atoms with Crippen molar-refractivity contribution in [3.8, 4) is 5.75 Å². The molecule has 0 unspecified atom stereocenters. The van der Waals surface area contributed by atoms with Crippen LogP contribution >= 0.6 is 0 Å². The zero-order valence-corrected chi connectivity index (χ0v) is 19.1. The smallest absolute Gasteiger partial charge is 0.295 e. The number of ketones is 1. The molecular weight excluding hydrogens is 434 g/mol. The average Bonchev–Trinajstić information content (AvgIpc) is 3.13. The van der Waals surface area contributed by atoms with Crippen LogP contribution in [0, 0.1) is 0 Å². The highest BCUT2D eigenvalue weighted by molar-refractivity contribution is 6.46. The van der Waals surface area contributed by atoms with Crippen molar-refractivity contribution in [2.24, 2.45) is 0 Å². The summed E-state index contributed by atoms with van der Waals surface area (Å²) in [5, 5.41) is 11.1. The van der Waals surface area contributed by atoms with Gasteiger partial charge in [-0.1, -0.05) is 18.7 Å². The molecule has 34 heavy (non-hydrogen) atoms. The number of hydrogen-bond donors (Lipinski definition) is 1. The van der Waals surface area contributed by atoms with E-state index in [0.29, 0.717) is 49.8 Å². The van der Waals surface area contributed by atoms with Crippen molar-refractivity contribution in [1.29, 1.82) is 0 Å². The number of aliphatic hydroxyl groups excluding tert-OH is 1. The summed E-state index contributed by atoms with van der Waals surface area (Å²) in [7, 11) is 0. The number of amides is 1. The summed E-state index contributed by atoms with van der Waals surface area (Å²) < 4.78 is 10.9. The highest BCUT2D eigenvalue weighted by Crippen LogP contribution is 2.38. The highest BCUT2D eigenvalue weighted by atomic mass is 16.5. The van der Waals surface area contributed by atoms with Crippen LogP contribution in [0.4, 0.5) is 0 Å². The molecule has 178 valence electrons. The van der Waals surface area contributed by atoms with E-state index >= 15 is 0 Å². The summed E-state index contributed by atoms with van der Waals surface area (Å²) in [6.07, 6.45) is 3.96. The van der Waals surface area contributed by atoms with Crippen LogP contribution in [-0.4, -0.2) is 77.6 Å². The van der Waals surface area contributed by atoms with Crippen molar-refractivity contribution in [3.05, 3.63) is 78.1 Å². The van der Waals surface area contributed by atoms with Gasteiger partial charge in [0, 0.05) is 37.9 Å². The number of Topliss-reactive ketones (excluding diaryl/α,β-unsaturated/α-hetero) is 1. The van der Waals surface area contributed by atoms with Crippen LogP contribution in [0.3, 0.4) is 0 Å². The van der Waals surface area contributed by atoms with E-state index in [1.165, 1.54) is 4.90 Å². The maximum absolute atomic E-state index is 13.1. The SMILES string of the molecule is C=CCOc1ccc(/C(O)=C2\C(=O)C(=O)N(CCCN3CCOCC3)[C@@H]2c2ccccn2)cc1. The maximum Gasteiger partial charge on any atom is 0.295 e. The Balaban J connectivity index is 1.61. The summed E-state index contributed by atoms with van der Waals surface area (Å²) in [6.45, 7) is 8.29. The molecule has 8 nitrogen and oxygen atoms in total. The van der Waals surface area contributed by atoms with Crippen molar-refractivity contribution < 1.29 is 24.2 Å². The predicted octanol–water partition coefficient (Wildman–Crippen LogP) is 2.79. The Kier molecular flexibility index (Phi) is 7.72. The van der Waals surface area contributed by atoms with E-state index in [9.17, 15) is 14.7 Å². The summed E-state index contributed by atoms with van der Waals surface area (Å²) in [5.74, 6) is -0.933. The molecule has 3 heterocycles. The fraction of sp³-hybridized carbons (Fsp3) is 0.346. The molecule has 1 aromatic carbocycles. The molecule has 8 heteroatoms. The lowest BCUT2D eigenvalue weighted by molar-refractivity contribution is -0.140. The Morgan fingerprint density at radius 2 is 1.91 bits per heavy atom. The van der Waals surface area contributed by atoms with Crippen molar-refractivity contribution in [1.82, 2.24) is 14.8 Å². The lowest BCUT2D eigenvalue weighted by Crippen LogP contribution is -2.39. The second-order valence-electron chi connectivity index (χ2n) is 8.18. The number of pyridine rings is 1. The van der Waals surface area contributed by atoms with Crippen molar-refractivity contribution in [3.63, 3.8) is 0 Å². The fourth-order valence-corrected chi connectivity index (χ4v) is 4.26. The van der Waals surface area contributed by atoms with Gasteiger partial charge >= 0.3 is 0 Å². The molecule has 0 aliphatic carbocycles. The molecule has 1 N–H and O–H groups in total.